The van der Waals surface area contributed by atoms with Gasteiger partial charge in [-0.25, -0.2) is 0 Å². The number of hydrogen-bond donors (Lipinski definition) is 1. The molecule has 0 saturated carbocycles. The summed E-state index contributed by atoms with van der Waals surface area (Å²) in [6.07, 6.45) is 3.82. The zero-order valence-electron chi connectivity index (χ0n) is 9.56. The molecule has 2 rings (SSSR count). The first-order valence-corrected chi connectivity index (χ1v) is 5.65. The van der Waals surface area contributed by atoms with E-state index < -0.39 is 0 Å². The lowest BCUT2D eigenvalue weighted by molar-refractivity contribution is 0.638. The minimum atomic E-state index is 0.799. The van der Waals surface area contributed by atoms with E-state index in [1.807, 2.05) is 22.9 Å². The molecule has 1 heterocycles. The van der Waals surface area contributed by atoms with Crippen molar-refractivity contribution in [3.8, 4) is 0 Å². The molecule has 2 N–H and O–H groups in total. The van der Waals surface area contributed by atoms with Crippen molar-refractivity contribution < 1.29 is 0 Å². The van der Waals surface area contributed by atoms with Crippen LogP contribution in [0.25, 0.3) is 0 Å². The molecule has 0 atom stereocenters. The SMILES string of the molecule is CCCc1c(N)cnn1Cc1ccccc1. The van der Waals surface area contributed by atoms with Gasteiger partial charge in [-0.2, -0.15) is 5.10 Å². The minimum absolute atomic E-state index is 0.799. The minimum Gasteiger partial charge on any atom is -0.396 e. The molecule has 1 aromatic heterocycles. The molecular weight excluding hydrogens is 198 g/mol. The summed E-state index contributed by atoms with van der Waals surface area (Å²) in [4.78, 5) is 0. The Kier molecular flexibility index (Phi) is 3.25. The monoisotopic (exact) mass is 215 g/mol. The van der Waals surface area contributed by atoms with Crippen molar-refractivity contribution >= 4 is 5.69 Å². The van der Waals surface area contributed by atoms with Crippen LogP contribution in [0.2, 0.25) is 0 Å². The van der Waals surface area contributed by atoms with E-state index in [0.717, 1.165) is 30.8 Å². The van der Waals surface area contributed by atoms with Gasteiger partial charge in [0, 0.05) is 0 Å². The number of nitrogens with zero attached hydrogens (tertiary/aromatic N) is 2. The second-order valence-corrected chi connectivity index (χ2v) is 3.94. The van der Waals surface area contributed by atoms with Gasteiger partial charge in [0.15, 0.2) is 0 Å². The quantitative estimate of drug-likeness (QED) is 0.851. The first-order chi connectivity index (χ1) is 7.81. The van der Waals surface area contributed by atoms with Gasteiger partial charge in [0.1, 0.15) is 0 Å². The number of nitrogen functional groups attached to an aromatic ring is 1. The number of anilines is 1. The first-order valence-electron chi connectivity index (χ1n) is 5.65. The van der Waals surface area contributed by atoms with Crippen LogP contribution >= 0.6 is 0 Å². The molecule has 0 radical (unpaired) electrons. The fourth-order valence-corrected chi connectivity index (χ4v) is 1.83. The maximum atomic E-state index is 5.90. The van der Waals surface area contributed by atoms with Gasteiger partial charge in [0.2, 0.25) is 0 Å². The standard InChI is InChI=1S/C13H17N3/c1-2-6-13-12(14)9-15-16(13)10-11-7-4-3-5-8-11/h3-5,7-9H,2,6,10,14H2,1H3. The molecule has 2 aromatic rings. The van der Waals surface area contributed by atoms with Gasteiger partial charge in [-0.3, -0.25) is 4.68 Å². The number of nitrogens with two attached hydrogens (primary N) is 1. The fourth-order valence-electron chi connectivity index (χ4n) is 1.83. The molecule has 0 aliphatic carbocycles. The van der Waals surface area contributed by atoms with Crippen molar-refractivity contribution in [1.29, 1.82) is 0 Å². The second kappa shape index (κ2) is 4.84. The van der Waals surface area contributed by atoms with Crippen molar-refractivity contribution in [2.45, 2.75) is 26.3 Å². The third-order valence-electron chi connectivity index (χ3n) is 2.64. The normalized spacial score (nSPS) is 10.6. The zero-order chi connectivity index (χ0) is 11.4. The van der Waals surface area contributed by atoms with Crippen LogP contribution in [0.5, 0.6) is 0 Å². The van der Waals surface area contributed by atoms with Gasteiger partial charge >= 0.3 is 0 Å². The molecule has 3 nitrogen and oxygen atoms in total. The Hall–Kier alpha value is -1.77. The molecule has 1 aromatic carbocycles. The molecule has 0 spiro atoms. The molecule has 0 fully saturated rings. The Morgan fingerprint density at radius 1 is 1.25 bits per heavy atom. The lowest BCUT2D eigenvalue weighted by Crippen LogP contribution is -2.07. The van der Waals surface area contributed by atoms with Crippen LogP contribution in [0, 0.1) is 0 Å². The average molecular weight is 215 g/mol. The van der Waals surface area contributed by atoms with Crippen molar-refractivity contribution in [2.24, 2.45) is 0 Å². The lowest BCUT2D eigenvalue weighted by Gasteiger charge is -2.07. The summed E-state index contributed by atoms with van der Waals surface area (Å²) < 4.78 is 1.99. The largest absolute Gasteiger partial charge is 0.396 e. The number of aromatic nitrogens is 2. The van der Waals surface area contributed by atoms with Crippen molar-refractivity contribution in [2.75, 3.05) is 5.73 Å². The lowest BCUT2D eigenvalue weighted by atomic mass is 10.2. The molecule has 0 amide bonds. The van der Waals surface area contributed by atoms with Crippen LogP contribution in [0.1, 0.15) is 24.6 Å². The summed E-state index contributed by atoms with van der Waals surface area (Å²) >= 11 is 0. The molecule has 0 aliphatic rings. The highest BCUT2D eigenvalue weighted by Crippen LogP contribution is 2.14. The predicted molar refractivity (Wildman–Crippen MR) is 66.2 cm³/mol. The third-order valence-corrected chi connectivity index (χ3v) is 2.64. The summed E-state index contributed by atoms with van der Waals surface area (Å²) in [6.45, 7) is 2.95. The smallest absolute Gasteiger partial charge is 0.0733 e. The summed E-state index contributed by atoms with van der Waals surface area (Å²) in [5.41, 5.74) is 9.10. The Balaban J connectivity index is 2.21. The maximum absolute atomic E-state index is 5.90. The van der Waals surface area contributed by atoms with Gasteiger partial charge in [-0.15, -0.1) is 0 Å². The highest BCUT2D eigenvalue weighted by atomic mass is 15.3. The Labute approximate surface area is 95.9 Å². The van der Waals surface area contributed by atoms with Crippen LogP contribution in [0.4, 0.5) is 5.69 Å². The second-order valence-electron chi connectivity index (χ2n) is 3.94. The fraction of sp³-hybridized carbons (Fsp3) is 0.308. The van der Waals surface area contributed by atoms with Crippen molar-refractivity contribution in [3.63, 3.8) is 0 Å². The van der Waals surface area contributed by atoms with Crippen LogP contribution in [0.3, 0.4) is 0 Å². The van der Waals surface area contributed by atoms with E-state index in [0.29, 0.717) is 0 Å². The first kappa shape index (κ1) is 10.7. The summed E-state index contributed by atoms with van der Waals surface area (Å²) in [6, 6.07) is 10.3. The van der Waals surface area contributed by atoms with E-state index in [-0.39, 0.29) is 0 Å². The third kappa shape index (κ3) is 2.24. The maximum Gasteiger partial charge on any atom is 0.0733 e. The van der Waals surface area contributed by atoms with E-state index in [2.05, 4.69) is 24.2 Å². The average Bonchev–Trinajstić information content (AvgIpc) is 2.64. The van der Waals surface area contributed by atoms with Gasteiger partial charge in [0.05, 0.1) is 24.1 Å². The van der Waals surface area contributed by atoms with Crippen molar-refractivity contribution in [3.05, 3.63) is 47.8 Å². The van der Waals surface area contributed by atoms with E-state index in [4.69, 9.17) is 5.73 Å². The van der Waals surface area contributed by atoms with Gasteiger partial charge in [-0.05, 0) is 12.0 Å². The molecule has 0 unspecified atom stereocenters. The highest BCUT2D eigenvalue weighted by Gasteiger charge is 2.07. The summed E-state index contributed by atoms with van der Waals surface area (Å²) in [7, 11) is 0. The van der Waals surface area contributed by atoms with Crippen molar-refractivity contribution in [1.82, 2.24) is 9.78 Å². The molecule has 16 heavy (non-hydrogen) atoms. The Morgan fingerprint density at radius 3 is 2.69 bits per heavy atom. The molecule has 0 aliphatic heterocycles. The molecule has 84 valence electrons. The van der Waals surface area contributed by atoms with E-state index in [1.54, 1.807) is 6.20 Å². The van der Waals surface area contributed by atoms with Crippen LogP contribution in [0.15, 0.2) is 36.5 Å². The van der Waals surface area contributed by atoms with Crippen LogP contribution in [-0.4, -0.2) is 9.78 Å². The highest BCUT2D eigenvalue weighted by molar-refractivity contribution is 5.41. The number of benzene rings is 1. The molecule has 0 bridgehead atoms. The Morgan fingerprint density at radius 2 is 2.00 bits per heavy atom. The number of rotatable bonds is 4. The Bertz CT molecular complexity index is 445. The van der Waals surface area contributed by atoms with E-state index in [1.165, 1.54) is 5.56 Å². The van der Waals surface area contributed by atoms with E-state index >= 15 is 0 Å². The number of hydrogen-bond acceptors (Lipinski definition) is 2. The predicted octanol–water partition coefficient (Wildman–Crippen LogP) is 2.47. The molecule has 3 heteroatoms. The van der Waals surface area contributed by atoms with Crippen LogP contribution in [-0.2, 0) is 13.0 Å². The zero-order valence-corrected chi connectivity index (χ0v) is 9.56. The van der Waals surface area contributed by atoms with Gasteiger partial charge in [-0.1, -0.05) is 43.7 Å². The summed E-state index contributed by atoms with van der Waals surface area (Å²) in [5, 5.41) is 4.32. The topological polar surface area (TPSA) is 43.8 Å². The van der Waals surface area contributed by atoms with Gasteiger partial charge in [0.25, 0.3) is 0 Å². The molecular formula is C13H17N3. The van der Waals surface area contributed by atoms with E-state index in [9.17, 15) is 0 Å². The van der Waals surface area contributed by atoms with Crippen LogP contribution < -0.4 is 5.73 Å². The van der Waals surface area contributed by atoms with Gasteiger partial charge < -0.3 is 5.73 Å². The summed E-state index contributed by atoms with van der Waals surface area (Å²) in [5.74, 6) is 0. The molecule has 0 saturated heterocycles.